The van der Waals surface area contributed by atoms with Crippen LogP contribution in [0.5, 0.6) is 0 Å². The second-order valence-electron chi connectivity index (χ2n) is 8.02. The van der Waals surface area contributed by atoms with Crippen LogP contribution in [-0.2, 0) is 9.59 Å². The zero-order valence-corrected chi connectivity index (χ0v) is 17.2. The first-order valence-electron chi connectivity index (χ1n) is 10.3. The van der Waals surface area contributed by atoms with Crippen LogP contribution in [0.3, 0.4) is 0 Å². The van der Waals surface area contributed by atoms with E-state index in [0.717, 1.165) is 34.8 Å². The number of carbonyl (C=O) groups is 3. The first-order chi connectivity index (χ1) is 14.4. The molecule has 0 atom stereocenters. The normalized spacial score (nSPS) is 16.4. The van der Waals surface area contributed by atoms with Crippen molar-refractivity contribution in [2.24, 2.45) is 0 Å². The molecule has 7 nitrogen and oxygen atoms in total. The second-order valence-corrected chi connectivity index (χ2v) is 8.02. The predicted octanol–water partition coefficient (Wildman–Crippen LogP) is 3.60. The fraction of sp³-hybridized carbons (Fsp3) is 0.348. The fourth-order valence-electron chi connectivity index (χ4n) is 3.72. The average molecular weight is 406 g/mol. The molecule has 1 N–H and O–H groups in total. The van der Waals surface area contributed by atoms with Gasteiger partial charge in [-0.05, 0) is 63.1 Å². The molecular weight excluding hydrogens is 380 g/mol. The molecule has 1 aliphatic heterocycles. The summed E-state index contributed by atoms with van der Waals surface area (Å²) in [5.41, 5.74) is 2.62. The number of nitrogens with zero attached hydrogens (tertiary/aromatic N) is 3. The zero-order valence-electron chi connectivity index (χ0n) is 17.2. The lowest BCUT2D eigenvalue weighted by molar-refractivity contribution is -0.129. The molecule has 0 spiro atoms. The van der Waals surface area contributed by atoms with Gasteiger partial charge in [0.05, 0.1) is 0 Å². The number of benzene rings is 2. The minimum atomic E-state index is -0.345. The van der Waals surface area contributed by atoms with Crippen LogP contribution in [0.2, 0.25) is 0 Å². The first-order valence-corrected chi connectivity index (χ1v) is 10.3. The van der Waals surface area contributed by atoms with Crippen molar-refractivity contribution < 1.29 is 14.4 Å². The van der Waals surface area contributed by atoms with E-state index in [2.05, 4.69) is 5.32 Å². The quantitative estimate of drug-likeness (QED) is 0.713. The van der Waals surface area contributed by atoms with E-state index in [0.29, 0.717) is 0 Å². The van der Waals surface area contributed by atoms with Gasteiger partial charge < -0.3 is 15.1 Å². The van der Waals surface area contributed by atoms with Crippen LogP contribution in [-0.4, -0.2) is 52.8 Å². The molecule has 1 saturated heterocycles. The molecule has 0 unspecified atom stereocenters. The van der Waals surface area contributed by atoms with Crippen LogP contribution in [0.1, 0.15) is 26.7 Å². The molecule has 30 heavy (non-hydrogen) atoms. The molecule has 7 heteroatoms. The van der Waals surface area contributed by atoms with Crippen molar-refractivity contribution in [3.8, 4) is 0 Å². The fourth-order valence-corrected chi connectivity index (χ4v) is 3.72. The summed E-state index contributed by atoms with van der Waals surface area (Å²) in [6.07, 6.45) is 1.87. The number of amides is 4. The summed E-state index contributed by atoms with van der Waals surface area (Å²) in [4.78, 5) is 42.2. The van der Waals surface area contributed by atoms with Crippen LogP contribution in [0.4, 0.5) is 21.9 Å². The third-order valence-corrected chi connectivity index (χ3v) is 5.36. The van der Waals surface area contributed by atoms with Crippen molar-refractivity contribution in [1.82, 2.24) is 9.80 Å². The summed E-state index contributed by atoms with van der Waals surface area (Å²) in [7, 11) is 0. The highest BCUT2D eigenvalue weighted by molar-refractivity contribution is 6.07. The summed E-state index contributed by atoms with van der Waals surface area (Å²) in [5, 5.41) is 3.31. The summed E-state index contributed by atoms with van der Waals surface area (Å²) >= 11 is 0. The van der Waals surface area contributed by atoms with E-state index in [1.165, 1.54) is 0 Å². The monoisotopic (exact) mass is 406 g/mol. The lowest BCUT2D eigenvalue weighted by atomic mass is 10.2. The molecule has 4 rings (SSSR count). The maximum atomic E-state index is 13.0. The Kier molecular flexibility index (Phi) is 5.44. The minimum Gasteiger partial charge on any atom is -0.356 e. The average Bonchev–Trinajstić information content (AvgIpc) is 3.53. The first kappa shape index (κ1) is 19.9. The number of hydrogen-bond donors (Lipinski definition) is 1. The Hall–Kier alpha value is -3.35. The Morgan fingerprint density at radius 3 is 2.27 bits per heavy atom. The highest BCUT2D eigenvalue weighted by Gasteiger charge is 2.44. The van der Waals surface area contributed by atoms with E-state index in [4.69, 9.17) is 0 Å². The van der Waals surface area contributed by atoms with Crippen molar-refractivity contribution in [2.45, 2.75) is 38.8 Å². The third kappa shape index (κ3) is 4.15. The summed E-state index contributed by atoms with van der Waals surface area (Å²) < 4.78 is 0. The Labute approximate surface area is 176 Å². The van der Waals surface area contributed by atoms with Gasteiger partial charge in [-0.25, -0.2) is 4.79 Å². The minimum absolute atomic E-state index is 0.0817. The van der Waals surface area contributed by atoms with Gasteiger partial charge in [0.2, 0.25) is 5.91 Å². The van der Waals surface area contributed by atoms with Crippen LogP contribution in [0.25, 0.3) is 0 Å². The van der Waals surface area contributed by atoms with Gasteiger partial charge in [0, 0.05) is 29.1 Å². The summed E-state index contributed by atoms with van der Waals surface area (Å²) in [6.45, 7) is 3.68. The van der Waals surface area contributed by atoms with Crippen LogP contribution >= 0.6 is 0 Å². The zero-order chi connectivity index (χ0) is 21.3. The predicted molar refractivity (Wildman–Crippen MR) is 116 cm³/mol. The molecular formula is C23H26N4O3. The van der Waals surface area contributed by atoms with Crippen LogP contribution in [0.15, 0.2) is 54.6 Å². The van der Waals surface area contributed by atoms with E-state index in [1.807, 2.05) is 68.4 Å². The van der Waals surface area contributed by atoms with Crippen molar-refractivity contribution in [1.29, 1.82) is 0 Å². The van der Waals surface area contributed by atoms with Gasteiger partial charge in [-0.1, -0.05) is 18.2 Å². The SMILES string of the molecule is CC(C)N(C(=O)CN1C(=O)CN(C2CC2)C1=O)c1ccc(Nc2ccccc2)cc1. The highest BCUT2D eigenvalue weighted by Crippen LogP contribution is 2.30. The second kappa shape index (κ2) is 8.18. The van der Waals surface area contributed by atoms with Gasteiger partial charge in [-0.2, -0.15) is 0 Å². The molecule has 156 valence electrons. The number of rotatable bonds is 7. The smallest absolute Gasteiger partial charge is 0.327 e. The van der Waals surface area contributed by atoms with E-state index >= 15 is 0 Å². The maximum Gasteiger partial charge on any atom is 0.327 e. The molecule has 1 aliphatic carbocycles. The number of urea groups is 1. The Balaban J connectivity index is 1.46. The number of anilines is 3. The van der Waals surface area contributed by atoms with Crippen molar-refractivity contribution in [3.63, 3.8) is 0 Å². The van der Waals surface area contributed by atoms with Gasteiger partial charge in [-0.15, -0.1) is 0 Å². The third-order valence-electron chi connectivity index (χ3n) is 5.36. The number of para-hydroxylation sites is 1. The maximum absolute atomic E-state index is 13.0. The molecule has 1 heterocycles. The Morgan fingerprint density at radius 1 is 1.03 bits per heavy atom. The highest BCUT2D eigenvalue weighted by atomic mass is 16.2. The molecule has 0 radical (unpaired) electrons. The van der Waals surface area contributed by atoms with Crippen LogP contribution in [0, 0.1) is 0 Å². The largest absolute Gasteiger partial charge is 0.356 e. The Bertz CT molecular complexity index is 939. The number of carbonyl (C=O) groups excluding carboxylic acids is 3. The topological polar surface area (TPSA) is 73.0 Å². The van der Waals surface area contributed by atoms with Crippen molar-refractivity contribution >= 4 is 34.9 Å². The molecule has 0 bridgehead atoms. The number of nitrogens with one attached hydrogen (secondary N) is 1. The van der Waals surface area contributed by atoms with E-state index < -0.39 is 0 Å². The molecule has 2 aromatic carbocycles. The lowest BCUT2D eigenvalue weighted by Crippen LogP contribution is -2.46. The van der Waals surface area contributed by atoms with Gasteiger partial charge in [-0.3, -0.25) is 14.5 Å². The van der Waals surface area contributed by atoms with Crippen LogP contribution < -0.4 is 10.2 Å². The molecule has 2 fully saturated rings. The number of imide groups is 1. The molecule has 0 aromatic heterocycles. The number of hydrogen-bond acceptors (Lipinski definition) is 4. The van der Waals surface area contributed by atoms with E-state index in [1.54, 1.807) is 9.80 Å². The van der Waals surface area contributed by atoms with E-state index in [-0.39, 0.29) is 43.0 Å². The summed E-state index contributed by atoms with van der Waals surface area (Å²) in [6, 6.07) is 17.1. The van der Waals surface area contributed by atoms with Crippen molar-refractivity contribution in [3.05, 3.63) is 54.6 Å². The lowest BCUT2D eigenvalue weighted by Gasteiger charge is -2.28. The molecule has 2 aromatic rings. The van der Waals surface area contributed by atoms with Gasteiger partial charge in [0.15, 0.2) is 0 Å². The van der Waals surface area contributed by atoms with Gasteiger partial charge >= 0.3 is 6.03 Å². The molecule has 1 saturated carbocycles. The van der Waals surface area contributed by atoms with Crippen molar-refractivity contribution in [2.75, 3.05) is 23.3 Å². The standard InChI is InChI=1S/C23H26N4O3/c1-16(2)27(20-10-8-18(9-11-20)24-17-6-4-3-5-7-17)22(29)15-26-21(28)14-25(23(26)30)19-12-13-19/h3-11,16,19,24H,12-15H2,1-2H3. The van der Waals surface area contributed by atoms with Gasteiger partial charge in [0.25, 0.3) is 5.91 Å². The molecule has 2 aliphatic rings. The van der Waals surface area contributed by atoms with E-state index in [9.17, 15) is 14.4 Å². The molecule has 4 amide bonds. The van der Waals surface area contributed by atoms with Gasteiger partial charge in [0.1, 0.15) is 13.1 Å². The Morgan fingerprint density at radius 2 is 1.67 bits per heavy atom. The summed E-state index contributed by atoms with van der Waals surface area (Å²) in [5.74, 6) is -0.570.